The minimum Gasteiger partial charge on any atom is -0.488 e. The Labute approximate surface area is 129 Å². The average molecular weight is 359 g/mol. The molecule has 2 aliphatic carbocycles. The van der Waals surface area contributed by atoms with Crippen molar-refractivity contribution in [1.82, 2.24) is 4.98 Å². The maximum atomic E-state index is 14.3. The predicted molar refractivity (Wildman–Crippen MR) is 70.1 cm³/mol. The van der Waals surface area contributed by atoms with Crippen LogP contribution in [0.2, 0.25) is 0 Å². The molecule has 3 nitrogen and oxygen atoms in total. The SMILES string of the molecule is OC1c2c(C(F)(F)F)ncc(OC3CC(F)(F)C3)c2C(F)C1P. The van der Waals surface area contributed by atoms with Gasteiger partial charge in [0.15, 0.2) is 5.69 Å². The van der Waals surface area contributed by atoms with E-state index in [-0.39, 0.29) is 5.75 Å². The molecule has 23 heavy (non-hydrogen) atoms. The summed E-state index contributed by atoms with van der Waals surface area (Å²) in [6.45, 7) is 0. The Morgan fingerprint density at radius 1 is 1.26 bits per heavy atom. The van der Waals surface area contributed by atoms with E-state index in [0.29, 0.717) is 6.20 Å². The fourth-order valence-electron chi connectivity index (χ4n) is 2.84. The monoisotopic (exact) mass is 359 g/mol. The van der Waals surface area contributed by atoms with Crippen molar-refractivity contribution in [2.24, 2.45) is 0 Å². The van der Waals surface area contributed by atoms with Gasteiger partial charge in [-0.2, -0.15) is 13.2 Å². The molecule has 0 saturated heterocycles. The minimum atomic E-state index is -4.87. The number of hydrogen-bond donors (Lipinski definition) is 1. The zero-order valence-electron chi connectivity index (χ0n) is 11.4. The zero-order chi connectivity index (χ0) is 17.2. The molecule has 1 heterocycles. The van der Waals surface area contributed by atoms with Gasteiger partial charge in [0, 0.05) is 29.6 Å². The molecule has 0 amide bonds. The van der Waals surface area contributed by atoms with Crippen molar-refractivity contribution in [3.05, 3.63) is 23.0 Å². The first-order valence-corrected chi connectivity index (χ1v) is 7.40. The first kappa shape index (κ1) is 16.8. The smallest absolute Gasteiger partial charge is 0.433 e. The van der Waals surface area contributed by atoms with Crippen LogP contribution in [0, 0.1) is 0 Å². The summed E-state index contributed by atoms with van der Waals surface area (Å²) >= 11 is 0. The third kappa shape index (κ3) is 2.78. The molecule has 1 fully saturated rings. The normalized spacial score (nSPS) is 30.0. The van der Waals surface area contributed by atoms with Gasteiger partial charge in [0.1, 0.15) is 18.0 Å². The summed E-state index contributed by atoms with van der Waals surface area (Å²) in [6, 6.07) is 0. The number of alkyl halides is 6. The van der Waals surface area contributed by atoms with Crippen LogP contribution in [-0.2, 0) is 6.18 Å². The fourth-order valence-corrected chi connectivity index (χ4v) is 3.23. The van der Waals surface area contributed by atoms with Crippen molar-refractivity contribution in [1.29, 1.82) is 0 Å². The number of aliphatic hydroxyl groups excluding tert-OH is 1. The molecule has 1 saturated carbocycles. The molecule has 4 atom stereocenters. The van der Waals surface area contributed by atoms with Crippen LogP contribution in [-0.4, -0.2) is 27.8 Å². The third-order valence-electron chi connectivity index (χ3n) is 4.01. The van der Waals surface area contributed by atoms with E-state index in [9.17, 15) is 31.4 Å². The van der Waals surface area contributed by atoms with Gasteiger partial charge in [0.2, 0.25) is 0 Å². The summed E-state index contributed by atoms with van der Waals surface area (Å²) in [6.07, 6.45) is -9.94. The van der Waals surface area contributed by atoms with Gasteiger partial charge in [-0.05, 0) is 0 Å². The van der Waals surface area contributed by atoms with Crippen LogP contribution in [0.25, 0.3) is 0 Å². The molecule has 0 bridgehead atoms. The van der Waals surface area contributed by atoms with E-state index < -0.39 is 65.8 Å². The van der Waals surface area contributed by atoms with Gasteiger partial charge >= 0.3 is 6.18 Å². The van der Waals surface area contributed by atoms with E-state index in [2.05, 4.69) is 4.98 Å². The summed E-state index contributed by atoms with van der Waals surface area (Å²) in [4.78, 5) is 3.22. The van der Waals surface area contributed by atoms with Crippen molar-refractivity contribution in [3.8, 4) is 5.75 Å². The Bertz CT molecular complexity index is 630. The largest absolute Gasteiger partial charge is 0.488 e. The zero-order valence-corrected chi connectivity index (χ0v) is 12.6. The number of aliphatic hydroxyl groups is 1. The predicted octanol–water partition coefficient (Wildman–Crippen LogP) is 3.58. The molecule has 1 aromatic heterocycles. The van der Waals surface area contributed by atoms with Crippen LogP contribution in [0.3, 0.4) is 0 Å². The summed E-state index contributed by atoms with van der Waals surface area (Å²) < 4.78 is 84.2. The molecule has 4 unspecified atom stereocenters. The van der Waals surface area contributed by atoms with Crippen LogP contribution in [0.15, 0.2) is 6.20 Å². The first-order valence-electron chi connectivity index (χ1n) is 6.73. The van der Waals surface area contributed by atoms with Crippen molar-refractivity contribution in [2.75, 3.05) is 0 Å². The Hall–Kier alpha value is -1.08. The van der Waals surface area contributed by atoms with Crippen LogP contribution in [0.1, 0.15) is 41.9 Å². The number of halogens is 6. The van der Waals surface area contributed by atoms with E-state index in [4.69, 9.17) is 4.74 Å². The van der Waals surface area contributed by atoms with Gasteiger partial charge in [-0.15, -0.1) is 9.24 Å². The first-order chi connectivity index (χ1) is 10.5. The molecule has 2 aliphatic rings. The van der Waals surface area contributed by atoms with E-state index in [1.54, 1.807) is 0 Å². The molecule has 0 spiro atoms. The number of rotatable bonds is 2. The minimum absolute atomic E-state index is 0.329. The highest BCUT2D eigenvalue weighted by atomic mass is 31.0. The summed E-state index contributed by atoms with van der Waals surface area (Å²) in [5.74, 6) is -3.21. The lowest BCUT2D eigenvalue weighted by molar-refractivity contribution is -0.142. The lowest BCUT2D eigenvalue weighted by Gasteiger charge is -2.35. The number of nitrogens with zero attached hydrogens (tertiary/aromatic N) is 1. The van der Waals surface area contributed by atoms with Crippen molar-refractivity contribution in [2.45, 2.75) is 49.0 Å². The highest BCUT2D eigenvalue weighted by Gasteiger charge is 2.50. The van der Waals surface area contributed by atoms with Crippen LogP contribution in [0.5, 0.6) is 5.75 Å². The molecule has 1 N–H and O–H groups in total. The maximum absolute atomic E-state index is 14.3. The van der Waals surface area contributed by atoms with Crippen molar-refractivity contribution >= 4 is 9.24 Å². The second-order valence-corrected chi connectivity index (χ2v) is 6.49. The van der Waals surface area contributed by atoms with Gasteiger partial charge in [-0.25, -0.2) is 18.2 Å². The fraction of sp³-hybridized carbons (Fsp3) is 0.615. The van der Waals surface area contributed by atoms with E-state index in [1.165, 1.54) is 0 Å². The standard InChI is InChI=1S/C13H12F6NO2P/c14-8-6-5(22-4-1-12(15,16)2-4)3-20-11(13(17,18)19)7(6)9(21)10(8)23/h3-4,8-10,21H,1-2,23H2. The van der Waals surface area contributed by atoms with Gasteiger partial charge in [0.05, 0.1) is 12.3 Å². The number of fused-ring (bicyclic) bond motifs is 1. The van der Waals surface area contributed by atoms with Crippen LogP contribution >= 0.6 is 9.24 Å². The molecule has 128 valence electrons. The van der Waals surface area contributed by atoms with Gasteiger partial charge in [-0.3, -0.25) is 0 Å². The molecule has 0 radical (unpaired) electrons. The molecule has 3 rings (SSSR count). The summed E-state index contributed by atoms with van der Waals surface area (Å²) in [5, 5.41) is 9.90. The van der Waals surface area contributed by atoms with E-state index in [0.717, 1.165) is 0 Å². The highest BCUT2D eigenvalue weighted by molar-refractivity contribution is 7.17. The average Bonchev–Trinajstić information content (AvgIpc) is 2.61. The number of hydrogen-bond acceptors (Lipinski definition) is 3. The third-order valence-corrected chi connectivity index (χ3v) is 4.71. The molecule has 0 aromatic carbocycles. The Balaban J connectivity index is 2.00. The molecular weight excluding hydrogens is 347 g/mol. The number of aromatic nitrogens is 1. The lowest BCUT2D eigenvalue weighted by atomic mass is 9.91. The van der Waals surface area contributed by atoms with E-state index >= 15 is 0 Å². The topological polar surface area (TPSA) is 42.4 Å². The Kier molecular flexibility index (Phi) is 3.80. The van der Waals surface area contributed by atoms with Crippen LogP contribution in [0.4, 0.5) is 26.3 Å². The second kappa shape index (κ2) is 5.21. The molecular formula is C13H12F6NO2P. The summed E-state index contributed by atoms with van der Waals surface area (Å²) in [7, 11) is 1.95. The van der Waals surface area contributed by atoms with Gasteiger partial charge in [-0.1, -0.05) is 0 Å². The van der Waals surface area contributed by atoms with Crippen molar-refractivity contribution in [3.63, 3.8) is 0 Å². The Morgan fingerprint density at radius 2 is 1.87 bits per heavy atom. The van der Waals surface area contributed by atoms with Gasteiger partial charge < -0.3 is 9.84 Å². The summed E-state index contributed by atoms with van der Waals surface area (Å²) in [5.41, 5.74) is -3.73. The van der Waals surface area contributed by atoms with Crippen LogP contribution < -0.4 is 4.74 Å². The maximum Gasteiger partial charge on any atom is 0.433 e. The second-order valence-electron chi connectivity index (χ2n) is 5.72. The molecule has 0 aliphatic heterocycles. The van der Waals surface area contributed by atoms with Gasteiger partial charge in [0.25, 0.3) is 5.92 Å². The quantitative estimate of drug-likeness (QED) is 0.648. The van der Waals surface area contributed by atoms with Crippen molar-refractivity contribution < 1.29 is 36.2 Å². The Morgan fingerprint density at radius 3 is 2.39 bits per heavy atom. The number of ether oxygens (including phenoxy) is 1. The number of pyridine rings is 1. The molecule has 1 aromatic rings. The molecule has 10 heteroatoms. The van der Waals surface area contributed by atoms with E-state index in [1.807, 2.05) is 9.24 Å². The lowest BCUT2D eigenvalue weighted by Crippen LogP contribution is -2.43. The highest BCUT2D eigenvalue weighted by Crippen LogP contribution is 2.53.